The average Bonchev–Trinajstić information content (AvgIpc) is 2.57. The van der Waals surface area contributed by atoms with E-state index in [4.69, 9.17) is 0 Å². The van der Waals surface area contributed by atoms with Gasteiger partial charge in [-0.2, -0.15) is 0 Å². The van der Waals surface area contributed by atoms with Crippen LogP contribution in [0, 0.1) is 18.8 Å². The third kappa shape index (κ3) is 13.7. The van der Waals surface area contributed by atoms with E-state index in [9.17, 15) is 0 Å². The summed E-state index contributed by atoms with van der Waals surface area (Å²) in [5.41, 5.74) is 0.172. The van der Waals surface area contributed by atoms with Crippen LogP contribution in [-0.4, -0.2) is 36.8 Å². The zero-order chi connectivity index (χ0) is 20.9. The highest BCUT2D eigenvalue weighted by Crippen LogP contribution is 2.17. The van der Waals surface area contributed by atoms with Gasteiger partial charge in [0.05, 0.1) is 0 Å². The molecule has 3 atom stereocenters. The van der Waals surface area contributed by atoms with E-state index in [1.165, 1.54) is 32.1 Å². The largest absolute Gasteiger partial charge is 0.314 e. The minimum Gasteiger partial charge on any atom is -0.314 e. The van der Waals surface area contributed by atoms with Crippen molar-refractivity contribution in [1.82, 2.24) is 16.0 Å². The second-order valence-electron chi connectivity index (χ2n) is 9.93. The Bertz CT molecular complexity index is 354. The van der Waals surface area contributed by atoms with Crippen LogP contribution in [0.1, 0.15) is 100 Å². The highest BCUT2D eigenvalue weighted by atomic mass is 15.0. The van der Waals surface area contributed by atoms with Gasteiger partial charge in [0, 0.05) is 17.1 Å². The van der Waals surface area contributed by atoms with Crippen LogP contribution in [-0.2, 0) is 0 Å². The lowest BCUT2D eigenvalue weighted by Crippen LogP contribution is -2.50. The molecule has 0 amide bonds. The summed E-state index contributed by atoms with van der Waals surface area (Å²) in [4.78, 5) is 0. The first-order chi connectivity index (χ1) is 12.5. The first kappa shape index (κ1) is 26.9. The van der Waals surface area contributed by atoms with Crippen LogP contribution in [0.3, 0.4) is 0 Å². The molecule has 0 aliphatic heterocycles. The highest BCUT2D eigenvalue weighted by molar-refractivity contribution is 4.93. The fraction of sp³-hybridized carbons (Fsp3) is 0.958. The second kappa shape index (κ2) is 14.0. The van der Waals surface area contributed by atoms with Crippen molar-refractivity contribution >= 4 is 0 Å². The van der Waals surface area contributed by atoms with E-state index in [1.54, 1.807) is 0 Å². The van der Waals surface area contributed by atoms with Gasteiger partial charge in [-0.15, -0.1) is 0 Å². The van der Waals surface area contributed by atoms with E-state index in [0.29, 0.717) is 6.04 Å². The summed E-state index contributed by atoms with van der Waals surface area (Å²) in [5.74, 6) is 1.50. The number of hydrogen-bond acceptors (Lipinski definition) is 3. The molecule has 0 aromatic rings. The van der Waals surface area contributed by atoms with Gasteiger partial charge in [0.15, 0.2) is 0 Å². The molecular weight excluding hydrogens is 330 g/mol. The Morgan fingerprint density at radius 3 is 2.04 bits per heavy atom. The Hall–Kier alpha value is -0.120. The van der Waals surface area contributed by atoms with Gasteiger partial charge in [-0.3, -0.25) is 0 Å². The molecule has 163 valence electrons. The zero-order valence-electron chi connectivity index (χ0n) is 20.0. The van der Waals surface area contributed by atoms with Crippen molar-refractivity contribution in [1.29, 1.82) is 0 Å². The van der Waals surface area contributed by atoms with E-state index in [2.05, 4.69) is 78.3 Å². The van der Waals surface area contributed by atoms with Crippen LogP contribution in [0.25, 0.3) is 0 Å². The molecule has 0 saturated heterocycles. The van der Waals surface area contributed by atoms with Crippen molar-refractivity contribution in [2.24, 2.45) is 11.8 Å². The van der Waals surface area contributed by atoms with Crippen molar-refractivity contribution in [3.8, 4) is 0 Å². The maximum Gasteiger partial charge on any atom is 0.0206 e. The van der Waals surface area contributed by atoms with Crippen LogP contribution < -0.4 is 16.0 Å². The minimum absolute atomic E-state index is 0.0472. The van der Waals surface area contributed by atoms with Crippen LogP contribution in [0.2, 0.25) is 0 Å². The lowest BCUT2D eigenvalue weighted by Gasteiger charge is -2.34. The third-order valence-electron chi connectivity index (χ3n) is 6.11. The predicted octanol–water partition coefficient (Wildman–Crippen LogP) is 5.56. The molecule has 3 nitrogen and oxygen atoms in total. The molecule has 1 radical (unpaired) electrons. The molecule has 0 heterocycles. The maximum atomic E-state index is 4.62. The van der Waals surface area contributed by atoms with Crippen LogP contribution >= 0.6 is 0 Å². The Labute approximate surface area is 172 Å². The van der Waals surface area contributed by atoms with Gasteiger partial charge >= 0.3 is 0 Å². The molecule has 0 bridgehead atoms. The summed E-state index contributed by atoms with van der Waals surface area (Å²) in [6.07, 6.45) is 8.34. The standard InChI is InChI=1S/C24H52N3/c1-10-14-23(7,8)26-19-16-24(9,27-17-12-13-20(3)4)15-18-25-22(6)21(5)11-2/h20-22,25-27H,9-19H2,1-8H3. The fourth-order valence-corrected chi connectivity index (χ4v) is 3.61. The molecule has 3 heteroatoms. The maximum absolute atomic E-state index is 4.62. The molecule has 0 aromatic heterocycles. The fourth-order valence-electron chi connectivity index (χ4n) is 3.61. The monoisotopic (exact) mass is 382 g/mol. The Balaban J connectivity index is 4.54. The molecule has 0 rings (SSSR count). The van der Waals surface area contributed by atoms with Gasteiger partial charge in [-0.05, 0) is 91.3 Å². The first-order valence-electron chi connectivity index (χ1n) is 11.6. The smallest absolute Gasteiger partial charge is 0.0206 e. The number of hydrogen-bond donors (Lipinski definition) is 3. The molecule has 0 spiro atoms. The molecule has 27 heavy (non-hydrogen) atoms. The van der Waals surface area contributed by atoms with Crippen LogP contribution in [0.4, 0.5) is 0 Å². The van der Waals surface area contributed by atoms with E-state index >= 15 is 0 Å². The van der Waals surface area contributed by atoms with Gasteiger partial charge in [0.25, 0.3) is 0 Å². The Morgan fingerprint density at radius 1 is 0.852 bits per heavy atom. The van der Waals surface area contributed by atoms with E-state index in [1.807, 2.05) is 0 Å². The lowest BCUT2D eigenvalue weighted by atomic mass is 9.91. The van der Waals surface area contributed by atoms with Gasteiger partial charge in [-0.1, -0.05) is 47.5 Å². The van der Waals surface area contributed by atoms with Crippen molar-refractivity contribution in [3.63, 3.8) is 0 Å². The molecule has 0 fully saturated rings. The Kier molecular flexibility index (Phi) is 13.9. The van der Waals surface area contributed by atoms with Gasteiger partial charge in [0.1, 0.15) is 0 Å². The van der Waals surface area contributed by atoms with E-state index < -0.39 is 0 Å². The highest BCUT2D eigenvalue weighted by Gasteiger charge is 2.25. The number of nitrogens with one attached hydrogen (secondary N) is 3. The molecule has 3 unspecified atom stereocenters. The topological polar surface area (TPSA) is 36.1 Å². The van der Waals surface area contributed by atoms with E-state index in [0.717, 1.165) is 44.3 Å². The zero-order valence-corrected chi connectivity index (χ0v) is 20.0. The van der Waals surface area contributed by atoms with Crippen LogP contribution in [0.15, 0.2) is 0 Å². The van der Waals surface area contributed by atoms with Crippen LogP contribution in [0.5, 0.6) is 0 Å². The summed E-state index contributed by atoms with van der Waals surface area (Å²) in [6, 6.07) is 0.571. The minimum atomic E-state index is -0.0472. The SMILES string of the molecule is [CH2]C(CCNC(C)C(C)CC)(CCNC(C)(C)CCC)NCCCC(C)C. The normalized spacial score (nSPS) is 17.1. The van der Waals surface area contributed by atoms with Gasteiger partial charge in [-0.25, -0.2) is 0 Å². The lowest BCUT2D eigenvalue weighted by molar-refractivity contribution is 0.287. The van der Waals surface area contributed by atoms with E-state index in [-0.39, 0.29) is 11.1 Å². The van der Waals surface area contributed by atoms with Crippen molar-refractivity contribution < 1.29 is 0 Å². The number of rotatable bonds is 17. The summed E-state index contributed by atoms with van der Waals surface area (Å²) >= 11 is 0. The molecule has 3 N–H and O–H groups in total. The summed E-state index contributed by atoms with van der Waals surface area (Å²) in [5, 5.41) is 11.3. The second-order valence-corrected chi connectivity index (χ2v) is 9.93. The predicted molar refractivity (Wildman–Crippen MR) is 123 cm³/mol. The van der Waals surface area contributed by atoms with Gasteiger partial charge in [0.2, 0.25) is 0 Å². The summed E-state index contributed by atoms with van der Waals surface area (Å²) in [6.45, 7) is 26.2. The molecule has 0 saturated carbocycles. The summed E-state index contributed by atoms with van der Waals surface area (Å²) in [7, 11) is 0. The average molecular weight is 383 g/mol. The third-order valence-corrected chi connectivity index (χ3v) is 6.11. The van der Waals surface area contributed by atoms with Crippen molar-refractivity contribution in [3.05, 3.63) is 6.92 Å². The van der Waals surface area contributed by atoms with Crippen molar-refractivity contribution in [2.45, 2.75) is 117 Å². The van der Waals surface area contributed by atoms with Crippen molar-refractivity contribution in [2.75, 3.05) is 19.6 Å². The molecule has 0 aliphatic carbocycles. The first-order valence-corrected chi connectivity index (χ1v) is 11.6. The summed E-state index contributed by atoms with van der Waals surface area (Å²) < 4.78 is 0. The van der Waals surface area contributed by atoms with Gasteiger partial charge < -0.3 is 16.0 Å². The quantitative estimate of drug-likeness (QED) is 0.288. The molecule has 0 aliphatic rings. The molecular formula is C24H52N3. The Morgan fingerprint density at radius 2 is 1.48 bits per heavy atom. The molecule has 0 aromatic carbocycles.